The number of likely N-dealkylation sites (tertiary alicyclic amines) is 1. The smallest absolute Gasteiger partial charge is 0.242 e. The number of hydrogen-bond acceptors (Lipinski definition) is 5. The highest BCUT2D eigenvalue weighted by Crippen LogP contribution is 2.19. The van der Waals surface area contributed by atoms with Gasteiger partial charge in [-0.25, -0.2) is 0 Å². The van der Waals surface area contributed by atoms with Crippen LogP contribution in [0.5, 0.6) is 0 Å². The monoisotopic (exact) mass is 434 g/mol. The first kappa shape index (κ1) is 23.4. The van der Waals surface area contributed by atoms with Crippen LogP contribution < -0.4 is 10.6 Å². The number of halogens is 1. The number of rotatable bonds is 7. The Morgan fingerprint density at radius 3 is 2.63 bits per heavy atom. The van der Waals surface area contributed by atoms with E-state index in [-0.39, 0.29) is 18.2 Å². The number of nitrogens with zero attached hydrogens (tertiary/aromatic N) is 2. The molecule has 1 aliphatic rings. The van der Waals surface area contributed by atoms with E-state index in [1.165, 1.54) is 0 Å². The van der Waals surface area contributed by atoms with E-state index in [4.69, 9.17) is 20.9 Å². The molecule has 8 nitrogen and oxygen atoms in total. The number of aromatic nitrogens is 1. The van der Waals surface area contributed by atoms with Crippen LogP contribution >= 0.6 is 11.6 Å². The summed E-state index contributed by atoms with van der Waals surface area (Å²) in [5, 5.41) is 9.68. The van der Waals surface area contributed by atoms with Gasteiger partial charge in [-0.1, -0.05) is 28.9 Å². The summed E-state index contributed by atoms with van der Waals surface area (Å²) in [6, 6.07) is 8.90. The molecule has 1 aromatic carbocycles. The number of amides is 3. The largest absolute Gasteiger partial charge is 0.362 e. The molecule has 0 bridgehead atoms. The van der Waals surface area contributed by atoms with Gasteiger partial charge in [0.25, 0.3) is 0 Å². The molecule has 0 aliphatic carbocycles. The number of carbonyl (C=O) groups is 3. The Labute approximate surface area is 180 Å². The quantitative estimate of drug-likeness (QED) is 0.647. The van der Waals surface area contributed by atoms with Gasteiger partial charge in [-0.05, 0) is 43.9 Å². The number of nitrogens with one attached hydrogen (secondary N) is 2. The van der Waals surface area contributed by atoms with Gasteiger partial charge in [0.05, 0.1) is 12.1 Å². The molecule has 1 saturated heterocycles. The lowest BCUT2D eigenvalue weighted by molar-refractivity contribution is -0.138. The first-order chi connectivity index (χ1) is 14.4. The standard InChI is InChI=1S/C19H22ClN3O3.C2H5NO/c1-13-11-16(26-22-13)12-18(24)23-10-2-3-17(23)19(25)21-9-8-14-4-6-15(20)7-5-14;1-3-2-4/h4-7,11,17H,2-3,8-10,12H2,1H3,(H,21,25);2H,1H3,(H,3,4). The van der Waals surface area contributed by atoms with E-state index >= 15 is 0 Å². The molecule has 1 fully saturated rings. The Morgan fingerprint density at radius 2 is 2.03 bits per heavy atom. The van der Waals surface area contributed by atoms with Crippen molar-refractivity contribution >= 4 is 29.8 Å². The zero-order valence-electron chi connectivity index (χ0n) is 17.2. The fourth-order valence-electron chi connectivity index (χ4n) is 3.19. The average molecular weight is 435 g/mol. The van der Waals surface area contributed by atoms with Crippen molar-refractivity contribution < 1.29 is 18.9 Å². The molecule has 2 aromatic rings. The molecule has 3 rings (SSSR count). The van der Waals surface area contributed by atoms with Crippen molar-refractivity contribution in [3.05, 3.63) is 52.4 Å². The van der Waals surface area contributed by atoms with Crippen LogP contribution in [0.15, 0.2) is 34.9 Å². The second-order valence-corrected chi connectivity index (χ2v) is 7.37. The van der Waals surface area contributed by atoms with E-state index < -0.39 is 6.04 Å². The van der Waals surface area contributed by atoms with Crippen molar-refractivity contribution in [1.29, 1.82) is 0 Å². The number of aryl methyl sites for hydroxylation is 1. The highest BCUT2D eigenvalue weighted by molar-refractivity contribution is 6.30. The van der Waals surface area contributed by atoms with E-state index in [1.54, 1.807) is 18.0 Å². The van der Waals surface area contributed by atoms with Crippen LogP contribution in [-0.4, -0.2) is 54.5 Å². The number of hydrogen-bond donors (Lipinski definition) is 2. The minimum absolute atomic E-state index is 0.0986. The summed E-state index contributed by atoms with van der Waals surface area (Å²) in [7, 11) is 1.56. The predicted molar refractivity (Wildman–Crippen MR) is 113 cm³/mol. The van der Waals surface area contributed by atoms with Crippen molar-refractivity contribution in [2.75, 3.05) is 20.1 Å². The second-order valence-electron chi connectivity index (χ2n) is 6.93. The van der Waals surface area contributed by atoms with E-state index in [1.807, 2.05) is 31.2 Å². The van der Waals surface area contributed by atoms with Crippen LogP contribution in [0.2, 0.25) is 5.02 Å². The maximum absolute atomic E-state index is 12.5. The Balaban J connectivity index is 0.000000735. The number of carbonyl (C=O) groups excluding carboxylic acids is 3. The van der Waals surface area contributed by atoms with Crippen LogP contribution in [0.4, 0.5) is 0 Å². The van der Waals surface area contributed by atoms with E-state index in [0.29, 0.717) is 36.7 Å². The molecule has 0 saturated carbocycles. The zero-order valence-corrected chi connectivity index (χ0v) is 17.9. The third-order valence-corrected chi connectivity index (χ3v) is 4.87. The van der Waals surface area contributed by atoms with Gasteiger partial charge >= 0.3 is 0 Å². The van der Waals surface area contributed by atoms with Crippen LogP contribution in [-0.2, 0) is 27.2 Å². The van der Waals surface area contributed by atoms with Gasteiger partial charge in [0.2, 0.25) is 18.2 Å². The summed E-state index contributed by atoms with van der Waals surface area (Å²) < 4.78 is 5.11. The van der Waals surface area contributed by atoms with Gasteiger partial charge in [-0.2, -0.15) is 0 Å². The van der Waals surface area contributed by atoms with E-state index in [0.717, 1.165) is 24.1 Å². The molecule has 1 unspecified atom stereocenters. The first-order valence-corrected chi connectivity index (χ1v) is 10.2. The third-order valence-electron chi connectivity index (χ3n) is 4.62. The minimum Gasteiger partial charge on any atom is -0.362 e. The lowest BCUT2D eigenvalue weighted by Crippen LogP contribution is -2.46. The molecule has 9 heteroatoms. The van der Waals surface area contributed by atoms with Crippen molar-refractivity contribution in [1.82, 2.24) is 20.7 Å². The zero-order chi connectivity index (χ0) is 21.9. The van der Waals surface area contributed by atoms with Gasteiger partial charge in [0.15, 0.2) is 0 Å². The first-order valence-electron chi connectivity index (χ1n) is 9.79. The fraction of sp³-hybridized carbons (Fsp3) is 0.429. The molecule has 1 atom stereocenters. The molecule has 0 spiro atoms. The van der Waals surface area contributed by atoms with Crippen molar-refractivity contribution in [2.24, 2.45) is 0 Å². The van der Waals surface area contributed by atoms with Crippen LogP contribution in [0, 0.1) is 6.92 Å². The highest BCUT2D eigenvalue weighted by atomic mass is 35.5. The molecule has 0 radical (unpaired) electrons. The van der Waals surface area contributed by atoms with Gasteiger partial charge in [-0.3, -0.25) is 14.4 Å². The van der Waals surface area contributed by atoms with Crippen LogP contribution in [0.3, 0.4) is 0 Å². The van der Waals surface area contributed by atoms with Crippen molar-refractivity contribution in [3.8, 4) is 0 Å². The molecular weight excluding hydrogens is 408 g/mol. The van der Waals surface area contributed by atoms with E-state index in [2.05, 4.69) is 15.8 Å². The Morgan fingerprint density at radius 1 is 1.33 bits per heavy atom. The van der Waals surface area contributed by atoms with Crippen LogP contribution in [0.25, 0.3) is 0 Å². The SMILES string of the molecule is CNC=O.Cc1cc(CC(=O)N2CCCC2C(=O)NCCc2ccc(Cl)cc2)on1. The normalized spacial score (nSPS) is 15.2. The van der Waals surface area contributed by atoms with Gasteiger partial charge in [-0.15, -0.1) is 0 Å². The van der Waals surface area contributed by atoms with Gasteiger partial charge in [0.1, 0.15) is 11.8 Å². The second kappa shape index (κ2) is 12.0. The fourth-order valence-corrected chi connectivity index (χ4v) is 3.31. The molecule has 2 heterocycles. The molecule has 162 valence electrons. The summed E-state index contributed by atoms with van der Waals surface area (Å²) in [6.07, 6.45) is 3.00. The Bertz CT molecular complexity index is 838. The molecule has 1 aromatic heterocycles. The summed E-state index contributed by atoms with van der Waals surface area (Å²) in [5.41, 5.74) is 1.85. The van der Waals surface area contributed by atoms with E-state index in [9.17, 15) is 9.59 Å². The topological polar surface area (TPSA) is 105 Å². The van der Waals surface area contributed by atoms with Crippen molar-refractivity contribution in [3.63, 3.8) is 0 Å². The third kappa shape index (κ3) is 7.18. The highest BCUT2D eigenvalue weighted by Gasteiger charge is 2.34. The van der Waals surface area contributed by atoms with Gasteiger partial charge in [0, 0.05) is 31.2 Å². The summed E-state index contributed by atoms with van der Waals surface area (Å²) in [6.45, 7) is 2.94. The summed E-state index contributed by atoms with van der Waals surface area (Å²) >= 11 is 5.87. The molecule has 30 heavy (non-hydrogen) atoms. The minimum atomic E-state index is -0.406. The van der Waals surface area contributed by atoms with Gasteiger partial charge < -0.3 is 20.1 Å². The summed E-state index contributed by atoms with van der Waals surface area (Å²) in [5.74, 6) is 0.330. The van der Waals surface area contributed by atoms with Crippen molar-refractivity contribution in [2.45, 2.75) is 38.6 Å². The lowest BCUT2D eigenvalue weighted by atomic mass is 10.1. The Hall–Kier alpha value is -2.87. The lowest BCUT2D eigenvalue weighted by Gasteiger charge is -2.23. The maximum atomic E-state index is 12.5. The average Bonchev–Trinajstić information content (AvgIpc) is 3.39. The molecule has 2 N–H and O–H groups in total. The number of benzene rings is 1. The predicted octanol–water partition coefficient (Wildman–Crippen LogP) is 1.89. The molecule has 1 aliphatic heterocycles. The molecule has 3 amide bonds. The maximum Gasteiger partial charge on any atom is 0.242 e. The Kier molecular flexibility index (Phi) is 9.34. The molecular formula is C21H27ClN4O4. The van der Waals surface area contributed by atoms with Crippen LogP contribution in [0.1, 0.15) is 29.9 Å². The summed E-state index contributed by atoms with van der Waals surface area (Å²) in [4.78, 5) is 35.7.